The summed E-state index contributed by atoms with van der Waals surface area (Å²) in [5, 5.41) is 0.965. The van der Waals surface area contributed by atoms with Crippen LogP contribution in [0.3, 0.4) is 0 Å². The van der Waals surface area contributed by atoms with Gasteiger partial charge in [-0.25, -0.2) is 8.78 Å². The summed E-state index contributed by atoms with van der Waals surface area (Å²) in [5.74, 6) is 0. The number of hydrogen-bond acceptors (Lipinski definition) is 2. The van der Waals surface area contributed by atoms with Crippen molar-refractivity contribution in [2.45, 2.75) is 16.2 Å². The third-order valence-corrected chi connectivity index (χ3v) is 4.21. The number of hydrogen-bond donors (Lipinski definition) is 1. The molecule has 19 heavy (non-hydrogen) atoms. The van der Waals surface area contributed by atoms with Crippen molar-refractivity contribution in [3.8, 4) is 0 Å². The molecule has 0 aliphatic rings. The summed E-state index contributed by atoms with van der Waals surface area (Å²) in [6.07, 6.45) is -2.59. The van der Waals surface area contributed by atoms with E-state index < -0.39 is 6.43 Å². The molecule has 0 aromatic heterocycles. The van der Waals surface area contributed by atoms with Crippen molar-refractivity contribution in [3.63, 3.8) is 0 Å². The van der Waals surface area contributed by atoms with Gasteiger partial charge in [-0.2, -0.15) is 0 Å². The zero-order valence-electron chi connectivity index (χ0n) is 9.54. The van der Waals surface area contributed by atoms with E-state index in [1.54, 1.807) is 30.3 Å². The molecule has 6 heteroatoms. The lowest BCUT2D eigenvalue weighted by molar-refractivity contribution is 0.148. The summed E-state index contributed by atoms with van der Waals surface area (Å²) in [6, 6.07) is 9.31. The molecule has 0 radical (unpaired) electrons. The molecule has 0 amide bonds. The summed E-state index contributed by atoms with van der Waals surface area (Å²) in [5.41, 5.74) is 5.72. The quantitative estimate of drug-likeness (QED) is 0.738. The molecule has 0 spiro atoms. The minimum Gasteiger partial charge on any atom is -0.399 e. The van der Waals surface area contributed by atoms with E-state index in [1.165, 1.54) is 6.07 Å². The predicted molar refractivity (Wildman–Crippen MR) is 76.4 cm³/mol. The molecule has 0 saturated carbocycles. The Kier molecular flexibility index (Phi) is 4.55. The Morgan fingerprint density at radius 1 is 1.00 bits per heavy atom. The fraction of sp³-hybridized carbons (Fsp3) is 0.0769. The van der Waals surface area contributed by atoms with E-state index in [9.17, 15) is 8.78 Å². The largest absolute Gasteiger partial charge is 0.399 e. The molecular formula is C13H9Cl2F2NS. The average Bonchev–Trinajstić information content (AvgIpc) is 2.35. The molecule has 100 valence electrons. The topological polar surface area (TPSA) is 26.0 Å². The molecule has 2 aromatic rings. The van der Waals surface area contributed by atoms with Gasteiger partial charge < -0.3 is 5.73 Å². The second-order valence-electron chi connectivity index (χ2n) is 3.77. The standard InChI is InChI=1S/C13H9Cl2F2NS/c14-7-1-3-10(15)12(5-7)19-11-4-2-8(18)6-9(11)13(16)17/h1-6,13H,18H2. The highest BCUT2D eigenvalue weighted by Gasteiger charge is 2.15. The maximum atomic E-state index is 13.0. The van der Waals surface area contributed by atoms with Crippen molar-refractivity contribution in [3.05, 3.63) is 52.0 Å². The third-order valence-electron chi connectivity index (χ3n) is 2.38. The van der Waals surface area contributed by atoms with E-state index in [1.807, 2.05) is 0 Å². The minimum atomic E-state index is -2.59. The van der Waals surface area contributed by atoms with E-state index >= 15 is 0 Å². The second kappa shape index (κ2) is 5.99. The highest BCUT2D eigenvalue weighted by Crippen LogP contribution is 2.39. The van der Waals surface area contributed by atoms with Gasteiger partial charge in [-0.15, -0.1) is 0 Å². The van der Waals surface area contributed by atoms with Crippen LogP contribution in [0.5, 0.6) is 0 Å². The van der Waals surface area contributed by atoms with E-state index in [-0.39, 0.29) is 5.56 Å². The van der Waals surface area contributed by atoms with E-state index in [0.717, 1.165) is 11.8 Å². The zero-order valence-corrected chi connectivity index (χ0v) is 11.9. The SMILES string of the molecule is Nc1ccc(Sc2cc(Cl)ccc2Cl)c(C(F)F)c1. The first kappa shape index (κ1) is 14.4. The maximum Gasteiger partial charge on any atom is 0.265 e. The molecule has 2 N–H and O–H groups in total. The lowest BCUT2D eigenvalue weighted by Crippen LogP contribution is -1.92. The highest BCUT2D eigenvalue weighted by atomic mass is 35.5. The fourth-order valence-corrected chi connectivity index (χ4v) is 2.96. The van der Waals surface area contributed by atoms with Gasteiger partial charge in [0.25, 0.3) is 6.43 Å². The Morgan fingerprint density at radius 3 is 2.42 bits per heavy atom. The van der Waals surface area contributed by atoms with E-state index in [4.69, 9.17) is 28.9 Å². The van der Waals surface area contributed by atoms with E-state index in [0.29, 0.717) is 25.5 Å². The minimum absolute atomic E-state index is 0.110. The number of anilines is 1. The van der Waals surface area contributed by atoms with Crippen molar-refractivity contribution in [2.24, 2.45) is 0 Å². The maximum absolute atomic E-state index is 13.0. The number of nitrogens with two attached hydrogens (primary N) is 1. The Hall–Kier alpha value is -0.970. The molecule has 0 fully saturated rings. The molecular weight excluding hydrogens is 311 g/mol. The molecule has 0 unspecified atom stereocenters. The first-order chi connectivity index (χ1) is 8.97. The number of halogens is 4. The number of rotatable bonds is 3. The first-order valence-electron chi connectivity index (χ1n) is 5.28. The summed E-state index contributed by atoms with van der Waals surface area (Å²) < 4.78 is 25.9. The Labute approximate surface area is 123 Å². The predicted octanol–water partition coefficient (Wildman–Crippen LogP) is 5.66. The molecule has 0 heterocycles. The van der Waals surface area contributed by atoms with Crippen molar-refractivity contribution in [1.29, 1.82) is 0 Å². The van der Waals surface area contributed by atoms with Crippen molar-refractivity contribution in [1.82, 2.24) is 0 Å². The summed E-state index contributed by atoms with van der Waals surface area (Å²) >= 11 is 13.0. The lowest BCUT2D eigenvalue weighted by Gasteiger charge is -2.10. The van der Waals surface area contributed by atoms with Crippen LogP contribution in [0.25, 0.3) is 0 Å². The van der Waals surface area contributed by atoms with Crippen LogP contribution in [0, 0.1) is 0 Å². The van der Waals surface area contributed by atoms with Crippen LogP contribution in [0.1, 0.15) is 12.0 Å². The molecule has 0 saturated heterocycles. The van der Waals surface area contributed by atoms with Gasteiger partial charge in [-0.05, 0) is 36.4 Å². The molecule has 0 aliphatic carbocycles. The van der Waals surface area contributed by atoms with Gasteiger partial charge in [-0.3, -0.25) is 0 Å². The van der Waals surface area contributed by atoms with Gasteiger partial charge in [0.05, 0.1) is 5.02 Å². The Balaban J connectivity index is 2.40. The number of alkyl halides is 2. The summed E-state index contributed by atoms with van der Waals surface area (Å²) in [6.45, 7) is 0. The molecule has 2 rings (SSSR count). The normalized spacial score (nSPS) is 11.0. The zero-order chi connectivity index (χ0) is 14.0. The van der Waals surface area contributed by atoms with Gasteiger partial charge in [-0.1, -0.05) is 35.0 Å². The van der Waals surface area contributed by atoms with Crippen molar-refractivity contribution >= 4 is 40.7 Å². The van der Waals surface area contributed by atoms with E-state index in [2.05, 4.69) is 0 Å². The molecule has 2 aromatic carbocycles. The van der Waals surface area contributed by atoms with Crippen LogP contribution in [-0.4, -0.2) is 0 Å². The monoisotopic (exact) mass is 319 g/mol. The van der Waals surface area contributed by atoms with Gasteiger partial charge in [0.2, 0.25) is 0 Å². The fourth-order valence-electron chi connectivity index (χ4n) is 1.50. The number of benzene rings is 2. The third kappa shape index (κ3) is 3.53. The lowest BCUT2D eigenvalue weighted by atomic mass is 10.2. The Morgan fingerprint density at radius 2 is 1.74 bits per heavy atom. The average molecular weight is 320 g/mol. The first-order valence-corrected chi connectivity index (χ1v) is 6.85. The number of nitrogen functional groups attached to an aromatic ring is 1. The smallest absolute Gasteiger partial charge is 0.265 e. The Bertz CT molecular complexity index is 605. The van der Waals surface area contributed by atoms with Crippen LogP contribution in [0.4, 0.5) is 14.5 Å². The van der Waals surface area contributed by atoms with Gasteiger partial charge in [0.1, 0.15) is 0 Å². The van der Waals surface area contributed by atoms with Crippen molar-refractivity contribution in [2.75, 3.05) is 5.73 Å². The highest BCUT2D eigenvalue weighted by molar-refractivity contribution is 7.99. The van der Waals surface area contributed by atoms with Crippen LogP contribution in [0.15, 0.2) is 46.2 Å². The molecule has 0 bridgehead atoms. The second-order valence-corrected chi connectivity index (χ2v) is 5.70. The molecule has 0 aliphatic heterocycles. The van der Waals surface area contributed by atoms with Crippen LogP contribution < -0.4 is 5.73 Å². The summed E-state index contributed by atoms with van der Waals surface area (Å²) in [4.78, 5) is 1.04. The van der Waals surface area contributed by atoms with Gasteiger partial charge in [0.15, 0.2) is 0 Å². The van der Waals surface area contributed by atoms with Crippen LogP contribution >= 0.6 is 35.0 Å². The van der Waals surface area contributed by atoms with Crippen molar-refractivity contribution < 1.29 is 8.78 Å². The molecule has 0 atom stereocenters. The molecule has 1 nitrogen and oxygen atoms in total. The summed E-state index contributed by atoms with van der Waals surface area (Å²) in [7, 11) is 0. The van der Waals surface area contributed by atoms with Gasteiger partial charge in [0, 0.05) is 26.1 Å². The van der Waals surface area contributed by atoms with Gasteiger partial charge >= 0.3 is 0 Å². The van der Waals surface area contributed by atoms with Crippen LogP contribution in [-0.2, 0) is 0 Å². The van der Waals surface area contributed by atoms with Crippen LogP contribution in [0.2, 0.25) is 10.0 Å².